The SMILES string of the molecule is COC(=O)[C@@H](O)[C@H]1[C@@]2(C)C[C@]3(OC(C)=O)[C@@H]4[C@@H](O[C@]56CC(=O)O[C@@H](c7ccoc7)[C@]5(C)CC[C@H]([C@]13C)[C@]46O)[C@H]2O. The average Bonchev–Trinajstić information content (AvgIpc) is 3.57. The summed E-state index contributed by atoms with van der Waals surface area (Å²) in [7, 11) is 1.18. The standard InChI is InChI=1S/C29H36O11/c1-13(30)39-27-12-24(2)19(17(32)23(34)36-5)26(27,4)15-6-8-25(3)22(14-7-9-37-11-14)38-16(31)10-28(25)29(15,35)20(27)18(40-28)21(24)33/h7,9,11,15,17-22,32-33,35H,6,8,10,12H2,1-5H3/t15-,17+,18-,19+,20+,21-,22+,24-,25+,26-,27+,28-,29+/m1/s1. The van der Waals surface area contributed by atoms with Gasteiger partial charge in [-0.05, 0) is 25.3 Å². The maximum Gasteiger partial charge on any atom is 0.335 e. The van der Waals surface area contributed by atoms with Crippen molar-refractivity contribution in [1.29, 1.82) is 0 Å². The number of rotatable bonds is 4. The molecule has 6 fully saturated rings. The molecule has 1 aromatic heterocycles. The van der Waals surface area contributed by atoms with Gasteiger partial charge in [0.2, 0.25) is 0 Å². The number of esters is 3. The van der Waals surface area contributed by atoms with Gasteiger partial charge in [-0.15, -0.1) is 0 Å². The lowest BCUT2D eigenvalue weighted by Gasteiger charge is -2.63. The van der Waals surface area contributed by atoms with Gasteiger partial charge in [0.05, 0.1) is 44.2 Å². The molecule has 0 radical (unpaired) electrons. The predicted octanol–water partition coefficient (Wildman–Crippen LogP) is 1.43. The first-order chi connectivity index (χ1) is 18.7. The van der Waals surface area contributed by atoms with Gasteiger partial charge in [-0.2, -0.15) is 0 Å². The van der Waals surface area contributed by atoms with Crippen LogP contribution < -0.4 is 0 Å². The Bertz CT molecular complexity index is 1310. The van der Waals surface area contributed by atoms with Gasteiger partial charge in [0.25, 0.3) is 0 Å². The molecule has 4 saturated carbocycles. The zero-order chi connectivity index (χ0) is 28.8. The third kappa shape index (κ3) is 2.41. The summed E-state index contributed by atoms with van der Waals surface area (Å²) in [5.74, 6) is -4.54. The van der Waals surface area contributed by atoms with E-state index in [4.69, 9.17) is 23.4 Å². The van der Waals surface area contributed by atoms with Crippen LogP contribution in [0.3, 0.4) is 0 Å². The summed E-state index contributed by atoms with van der Waals surface area (Å²) in [6, 6.07) is 1.72. The summed E-state index contributed by atoms with van der Waals surface area (Å²) in [6.45, 7) is 6.83. The minimum Gasteiger partial charge on any atom is -0.472 e. The zero-order valence-electron chi connectivity index (χ0n) is 23.2. The summed E-state index contributed by atoms with van der Waals surface area (Å²) < 4.78 is 29.3. The van der Waals surface area contributed by atoms with Crippen molar-refractivity contribution < 1.29 is 53.1 Å². The highest BCUT2D eigenvalue weighted by molar-refractivity contribution is 5.76. The molecule has 13 atom stereocenters. The molecule has 40 heavy (non-hydrogen) atoms. The molecule has 0 aromatic carbocycles. The van der Waals surface area contributed by atoms with Gasteiger partial charge in [0.15, 0.2) is 6.10 Å². The van der Waals surface area contributed by atoms with Crippen molar-refractivity contribution in [1.82, 2.24) is 0 Å². The summed E-state index contributed by atoms with van der Waals surface area (Å²) in [4.78, 5) is 39.0. The Balaban J connectivity index is 1.52. The van der Waals surface area contributed by atoms with E-state index in [1.165, 1.54) is 26.6 Å². The van der Waals surface area contributed by atoms with E-state index in [2.05, 4.69) is 0 Å². The van der Waals surface area contributed by atoms with Crippen molar-refractivity contribution in [2.75, 3.05) is 7.11 Å². The van der Waals surface area contributed by atoms with Crippen LogP contribution in [0.25, 0.3) is 0 Å². The second kappa shape index (κ2) is 7.48. The first kappa shape index (κ1) is 26.4. The van der Waals surface area contributed by atoms with E-state index in [9.17, 15) is 29.7 Å². The number of hydrogen-bond acceptors (Lipinski definition) is 11. The number of aliphatic hydroxyl groups is 3. The van der Waals surface area contributed by atoms with Crippen molar-refractivity contribution in [2.24, 2.45) is 34.0 Å². The highest BCUT2D eigenvalue weighted by Crippen LogP contribution is 2.86. The van der Waals surface area contributed by atoms with Crippen LogP contribution >= 0.6 is 0 Å². The highest BCUT2D eigenvalue weighted by atomic mass is 16.6. The monoisotopic (exact) mass is 560 g/mol. The smallest absolute Gasteiger partial charge is 0.335 e. The van der Waals surface area contributed by atoms with Crippen molar-refractivity contribution in [2.45, 2.75) is 94.6 Å². The van der Waals surface area contributed by atoms with Crippen molar-refractivity contribution in [3.63, 3.8) is 0 Å². The third-order valence-electron chi connectivity index (χ3n) is 12.5. The molecule has 0 amide bonds. The molecule has 7 rings (SSSR count). The van der Waals surface area contributed by atoms with Crippen LogP contribution in [0.1, 0.15) is 65.0 Å². The summed E-state index contributed by atoms with van der Waals surface area (Å²) in [5, 5.41) is 36.8. The van der Waals surface area contributed by atoms with Gasteiger partial charge in [-0.1, -0.05) is 20.8 Å². The van der Waals surface area contributed by atoms with Crippen LogP contribution in [0.2, 0.25) is 0 Å². The number of furan rings is 1. The van der Waals surface area contributed by atoms with Crippen molar-refractivity contribution in [3.05, 3.63) is 24.2 Å². The lowest BCUT2D eigenvalue weighted by Crippen LogP contribution is -2.72. The van der Waals surface area contributed by atoms with Gasteiger partial charge in [-0.25, -0.2) is 4.79 Å². The van der Waals surface area contributed by atoms with E-state index in [0.29, 0.717) is 18.4 Å². The van der Waals surface area contributed by atoms with Crippen LogP contribution in [0.4, 0.5) is 0 Å². The summed E-state index contributed by atoms with van der Waals surface area (Å²) in [6.07, 6.45) is -1.08. The van der Waals surface area contributed by atoms with Crippen LogP contribution in [-0.4, -0.2) is 75.5 Å². The number of carbonyl (C=O) groups excluding carboxylic acids is 3. The molecule has 11 nitrogen and oxygen atoms in total. The Kier molecular flexibility index (Phi) is 4.94. The van der Waals surface area contributed by atoms with Crippen molar-refractivity contribution in [3.8, 4) is 0 Å². The normalized spacial score (nSPS) is 54.0. The second-order valence-electron chi connectivity index (χ2n) is 13.7. The number of fused-ring (bicyclic) bond motifs is 2. The Labute approximate surface area is 231 Å². The van der Waals surface area contributed by atoms with E-state index in [-0.39, 0.29) is 12.8 Å². The van der Waals surface area contributed by atoms with Gasteiger partial charge in [0, 0.05) is 40.6 Å². The average molecular weight is 561 g/mol. The largest absolute Gasteiger partial charge is 0.472 e. The highest BCUT2D eigenvalue weighted by Gasteiger charge is 2.96. The van der Waals surface area contributed by atoms with Gasteiger partial charge < -0.3 is 38.7 Å². The van der Waals surface area contributed by atoms with E-state index in [0.717, 1.165) is 0 Å². The van der Waals surface area contributed by atoms with E-state index in [1.54, 1.807) is 13.0 Å². The van der Waals surface area contributed by atoms with Crippen LogP contribution in [0.15, 0.2) is 23.0 Å². The second-order valence-corrected chi connectivity index (χ2v) is 13.7. The minimum atomic E-state index is -1.77. The first-order valence-electron chi connectivity index (χ1n) is 13.9. The Morgan fingerprint density at radius 2 is 1.95 bits per heavy atom. The molecular weight excluding hydrogens is 524 g/mol. The van der Waals surface area contributed by atoms with Crippen LogP contribution in [0, 0.1) is 34.0 Å². The lowest BCUT2D eigenvalue weighted by molar-refractivity contribution is -0.298. The molecule has 2 aliphatic heterocycles. The fraction of sp³-hybridized carbons (Fsp3) is 0.759. The van der Waals surface area contributed by atoms with Crippen molar-refractivity contribution >= 4 is 17.9 Å². The molecular formula is C29H36O11. The Morgan fingerprint density at radius 1 is 1.23 bits per heavy atom. The Morgan fingerprint density at radius 3 is 2.58 bits per heavy atom. The third-order valence-corrected chi connectivity index (χ3v) is 12.5. The molecule has 1 spiro atoms. The lowest BCUT2D eigenvalue weighted by atomic mass is 9.45. The number of aliphatic hydroxyl groups excluding tert-OH is 2. The molecule has 0 unspecified atom stereocenters. The molecule has 11 heteroatoms. The Hall–Kier alpha value is -2.47. The van der Waals surface area contributed by atoms with Crippen LogP contribution in [0.5, 0.6) is 0 Å². The number of ether oxygens (including phenoxy) is 4. The molecule has 3 N–H and O–H groups in total. The molecule has 6 aliphatic rings. The molecule has 2 saturated heterocycles. The summed E-state index contributed by atoms with van der Waals surface area (Å²) in [5.41, 5.74) is -7.33. The van der Waals surface area contributed by atoms with Gasteiger partial charge in [0.1, 0.15) is 22.9 Å². The molecule has 218 valence electrons. The van der Waals surface area contributed by atoms with E-state index < -0.39 is 93.1 Å². The number of methoxy groups -OCH3 is 1. The topological polar surface area (TPSA) is 162 Å². The number of hydrogen-bond donors (Lipinski definition) is 3. The van der Waals surface area contributed by atoms with Crippen LogP contribution in [-0.2, 0) is 33.3 Å². The molecule has 3 heterocycles. The summed E-state index contributed by atoms with van der Waals surface area (Å²) >= 11 is 0. The maximum absolute atomic E-state index is 13.4. The number of cyclic esters (lactones) is 1. The quantitative estimate of drug-likeness (QED) is 0.361. The number of carbonyl (C=O) groups is 3. The predicted molar refractivity (Wildman–Crippen MR) is 132 cm³/mol. The first-order valence-corrected chi connectivity index (χ1v) is 13.9. The van der Waals surface area contributed by atoms with E-state index >= 15 is 0 Å². The van der Waals surface area contributed by atoms with Gasteiger partial charge >= 0.3 is 17.9 Å². The fourth-order valence-electron chi connectivity index (χ4n) is 11.4. The molecule has 4 aliphatic carbocycles. The van der Waals surface area contributed by atoms with Gasteiger partial charge in [-0.3, -0.25) is 9.59 Å². The zero-order valence-corrected chi connectivity index (χ0v) is 23.2. The maximum atomic E-state index is 13.4. The van der Waals surface area contributed by atoms with E-state index in [1.807, 2.05) is 13.8 Å². The molecule has 2 bridgehead atoms. The fourth-order valence-corrected chi connectivity index (χ4v) is 11.4. The molecule has 1 aromatic rings. The minimum absolute atomic E-state index is 0.0989.